The highest BCUT2D eigenvalue weighted by Gasteiger charge is 2.20. The van der Waals surface area contributed by atoms with E-state index in [2.05, 4.69) is 25.6 Å². The van der Waals surface area contributed by atoms with E-state index in [1.807, 2.05) is 0 Å². The van der Waals surface area contributed by atoms with Crippen molar-refractivity contribution in [3.05, 3.63) is 39.3 Å². The van der Waals surface area contributed by atoms with Crippen molar-refractivity contribution < 1.29 is 17.9 Å². The molecule has 118 valence electrons. The van der Waals surface area contributed by atoms with Crippen LogP contribution in [0.4, 0.5) is 5.13 Å². The maximum atomic E-state index is 12.3. The normalized spacial score (nSPS) is 11.2. The van der Waals surface area contributed by atoms with Crippen molar-refractivity contribution in [2.75, 3.05) is 11.3 Å². The van der Waals surface area contributed by atoms with Gasteiger partial charge >= 0.3 is 5.97 Å². The molecule has 9 heteroatoms. The largest absolute Gasteiger partial charge is 0.462 e. The summed E-state index contributed by atoms with van der Waals surface area (Å²) in [5.41, 5.74) is 0.428. The first-order valence-electron chi connectivity index (χ1n) is 6.26. The third-order valence-electron chi connectivity index (χ3n) is 2.60. The minimum Gasteiger partial charge on any atom is -0.462 e. The second kappa shape index (κ2) is 6.76. The van der Waals surface area contributed by atoms with Gasteiger partial charge in [0.1, 0.15) is 4.88 Å². The fraction of sp³-hybridized carbons (Fsp3) is 0.231. The SMILES string of the molecule is CCOC(=O)c1sc(NS(=O)(=O)c2ccc(Br)cc2)nc1C. The molecule has 0 aliphatic carbocycles. The summed E-state index contributed by atoms with van der Waals surface area (Å²) < 4.78 is 32.6. The summed E-state index contributed by atoms with van der Waals surface area (Å²) in [6.07, 6.45) is 0. The number of hydrogen-bond donors (Lipinski definition) is 1. The summed E-state index contributed by atoms with van der Waals surface area (Å²) in [6, 6.07) is 6.20. The number of aromatic nitrogens is 1. The molecule has 0 fully saturated rings. The molecule has 0 radical (unpaired) electrons. The van der Waals surface area contributed by atoms with Crippen LogP contribution in [0, 0.1) is 6.92 Å². The number of hydrogen-bond acceptors (Lipinski definition) is 6. The molecule has 0 bridgehead atoms. The number of rotatable bonds is 5. The molecule has 0 unspecified atom stereocenters. The molecule has 0 amide bonds. The predicted molar refractivity (Wildman–Crippen MR) is 87.8 cm³/mol. The zero-order valence-electron chi connectivity index (χ0n) is 11.8. The van der Waals surface area contributed by atoms with E-state index in [9.17, 15) is 13.2 Å². The number of carbonyl (C=O) groups is 1. The number of anilines is 1. The molecule has 0 aliphatic heterocycles. The van der Waals surface area contributed by atoms with E-state index in [4.69, 9.17) is 4.74 Å². The van der Waals surface area contributed by atoms with Crippen LogP contribution in [0.2, 0.25) is 0 Å². The third kappa shape index (κ3) is 3.84. The number of halogens is 1. The maximum absolute atomic E-state index is 12.3. The Morgan fingerprint density at radius 1 is 1.36 bits per heavy atom. The maximum Gasteiger partial charge on any atom is 0.350 e. The van der Waals surface area contributed by atoms with E-state index < -0.39 is 16.0 Å². The Kier molecular flexibility index (Phi) is 5.20. The summed E-state index contributed by atoms with van der Waals surface area (Å²) in [5, 5.41) is 0.128. The standard InChI is InChI=1S/C13H13BrN2O4S2/c1-3-20-12(17)11-8(2)15-13(21-11)16-22(18,19)10-6-4-9(14)5-7-10/h4-7H,3H2,1-2H3,(H,15,16). The first-order chi connectivity index (χ1) is 10.3. The highest BCUT2D eigenvalue weighted by atomic mass is 79.9. The number of nitrogens with zero attached hydrogens (tertiary/aromatic N) is 1. The lowest BCUT2D eigenvalue weighted by molar-refractivity contribution is 0.0531. The number of benzene rings is 1. The highest BCUT2D eigenvalue weighted by molar-refractivity contribution is 9.10. The van der Waals surface area contributed by atoms with Crippen molar-refractivity contribution in [3.8, 4) is 0 Å². The van der Waals surface area contributed by atoms with Gasteiger partial charge in [-0.05, 0) is 38.1 Å². The summed E-state index contributed by atoms with van der Waals surface area (Å²) >= 11 is 4.19. The Morgan fingerprint density at radius 2 is 2.00 bits per heavy atom. The minimum atomic E-state index is -3.75. The van der Waals surface area contributed by atoms with Gasteiger partial charge in [0, 0.05) is 4.47 Å². The number of nitrogens with one attached hydrogen (secondary N) is 1. The molecular formula is C13H13BrN2O4S2. The summed E-state index contributed by atoms with van der Waals surface area (Å²) in [6.45, 7) is 3.57. The first-order valence-corrected chi connectivity index (χ1v) is 9.35. The second-order valence-electron chi connectivity index (χ2n) is 4.21. The lowest BCUT2D eigenvalue weighted by Gasteiger charge is -2.04. The molecule has 6 nitrogen and oxygen atoms in total. The van der Waals surface area contributed by atoms with Gasteiger partial charge in [0.2, 0.25) is 0 Å². The Balaban J connectivity index is 2.25. The monoisotopic (exact) mass is 404 g/mol. The van der Waals surface area contributed by atoms with Crippen LogP contribution in [-0.2, 0) is 14.8 Å². The fourth-order valence-corrected chi connectivity index (χ4v) is 3.97. The average molecular weight is 405 g/mol. The van der Waals surface area contributed by atoms with Gasteiger partial charge in [-0.25, -0.2) is 18.2 Å². The lowest BCUT2D eigenvalue weighted by atomic mass is 10.4. The second-order valence-corrected chi connectivity index (χ2v) is 7.81. The quantitative estimate of drug-likeness (QED) is 0.773. The van der Waals surface area contributed by atoms with Crippen LogP contribution >= 0.6 is 27.3 Å². The van der Waals surface area contributed by atoms with Crippen LogP contribution in [0.5, 0.6) is 0 Å². The summed E-state index contributed by atoms with van der Waals surface area (Å²) in [4.78, 5) is 16.2. The van der Waals surface area contributed by atoms with E-state index >= 15 is 0 Å². The highest BCUT2D eigenvalue weighted by Crippen LogP contribution is 2.26. The number of aryl methyl sites for hydroxylation is 1. The molecule has 0 spiro atoms. The molecule has 2 rings (SSSR count). The van der Waals surface area contributed by atoms with Gasteiger partial charge in [-0.15, -0.1) is 0 Å². The van der Waals surface area contributed by atoms with Crippen LogP contribution in [0.25, 0.3) is 0 Å². The van der Waals surface area contributed by atoms with Crippen LogP contribution in [0.3, 0.4) is 0 Å². The van der Waals surface area contributed by atoms with Gasteiger partial charge in [0.05, 0.1) is 17.2 Å². The van der Waals surface area contributed by atoms with Gasteiger partial charge < -0.3 is 4.74 Å². The van der Waals surface area contributed by atoms with Crippen molar-refractivity contribution in [3.63, 3.8) is 0 Å². The summed E-state index contributed by atoms with van der Waals surface area (Å²) in [7, 11) is -3.75. The lowest BCUT2D eigenvalue weighted by Crippen LogP contribution is -2.12. The van der Waals surface area contributed by atoms with E-state index in [1.165, 1.54) is 12.1 Å². The van der Waals surface area contributed by atoms with Gasteiger partial charge in [0.25, 0.3) is 10.0 Å². The molecular weight excluding hydrogens is 392 g/mol. The summed E-state index contributed by atoms with van der Waals surface area (Å²) in [5.74, 6) is -0.508. The van der Waals surface area contributed by atoms with Crippen molar-refractivity contribution in [1.29, 1.82) is 0 Å². The molecule has 0 atom stereocenters. The number of esters is 1. The molecule has 0 saturated carbocycles. The molecule has 1 heterocycles. The molecule has 2 aromatic rings. The number of carbonyl (C=O) groups excluding carboxylic acids is 1. The average Bonchev–Trinajstić information content (AvgIpc) is 2.79. The molecule has 1 aromatic heterocycles. The predicted octanol–water partition coefficient (Wildman–Crippen LogP) is 3.19. The van der Waals surface area contributed by atoms with E-state index in [1.54, 1.807) is 26.0 Å². The van der Waals surface area contributed by atoms with Crippen LogP contribution in [-0.4, -0.2) is 26.0 Å². The third-order valence-corrected chi connectivity index (χ3v) is 5.67. The topological polar surface area (TPSA) is 85.4 Å². The Labute approximate surface area is 140 Å². The van der Waals surface area contributed by atoms with E-state index in [0.29, 0.717) is 5.69 Å². The number of sulfonamides is 1. The zero-order valence-corrected chi connectivity index (χ0v) is 15.0. The molecule has 0 saturated heterocycles. The smallest absolute Gasteiger partial charge is 0.350 e. The van der Waals surface area contributed by atoms with Crippen LogP contribution in [0.15, 0.2) is 33.6 Å². The van der Waals surface area contributed by atoms with Crippen LogP contribution in [0.1, 0.15) is 22.3 Å². The number of ether oxygens (including phenoxy) is 1. The molecule has 1 aromatic carbocycles. The molecule has 1 N–H and O–H groups in total. The minimum absolute atomic E-state index is 0.112. The Morgan fingerprint density at radius 3 is 2.59 bits per heavy atom. The van der Waals surface area contributed by atoms with Crippen molar-refractivity contribution in [2.24, 2.45) is 0 Å². The Bertz CT molecular complexity index is 785. The van der Waals surface area contributed by atoms with Gasteiger partial charge in [0.15, 0.2) is 5.13 Å². The Hall–Kier alpha value is -1.45. The van der Waals surface area contributed by atoms with E-state index in [-0.39, 0.29) is 21.5 Å². The van der Waals surface area contributed by atoms with E-state index in [0.717, 1.165) is 15.8 Å². The zero-order chi connectivity index (χ0) is 16.3. The number of thiazole rings is 1. The van der Waals surface area contributed by atoms with Gasteiger partial charge in [-0.3, -0.25) is 4.72 Å². The molecule has 0 aliphatic rings. The van der Waals surface area contributed by atoms with Crippen LogP contribution < -0.4 is 4.72 Å². The molecule has 22 heavy (non-hydrogen) atoms. The van der Waals surface area contributed by atoms with Gasteiger partial charge in [-0.1, -0.05) is 27.3 Å². The first kappa shape index (κ1) is 16.9. The van der Waals surface area contributed by atoms with Crippen molar-refractivity contribution in [2.45, 2.75) is 18.7 Å². The van der Waals surface area contributed by atoms with Crippen molar-refractivity contribution in [1.82, 2.24) is 4.98 Å². The van der Waals surface area contributed by atoms with Gasteiger partial charge in [-0.2, -0.15) is 0 Å². The fourth-order valence-electron chi connectivity index (χ4n) is 1.61. The van der Waals surface area contributed by atoms with Crippen molar-refractivity contribution >= 4 is 48.4 Å².